The number of carboxylic acids is 1. The molecule has 10 heteroatoms. The molecule has 36 heavy (non-hydrogen) atoms. The molecule has 9 nitrogen and oxygen atoms in total. The predicted octanol–water partition coefficient (Wildman–Crippen LogP) is 4.29. The van der Waals surface area contributed by atoms with E-state index in [0.29, 0.717) is 21.9 Å². The van der Waals surface area contributed by atoms with Gasteiger partial charge in [-0.15, -0.1) is 0 Å². The SMILES string of the molecule is COc1cccc(/C=C2\C(=O)NC(=O)N(c3ccc(Cl)cc3)C2=O)c1OCc1ccc(C(=O)O)cc1. The topological polar surface area (TPSA) is 122 Å². The molecule has 0 spiro atoms. The van der Waals surface area contributed by atoms with Gasteiger partial charge in [-0.25, -0.2) is 14.5 Å². The fourth-order valence-electron chi connectivity index (χ4n) is 3.50. The Hall–Kier alpha value is -4.63. The van der Waals surface area contributed by atoms with E-state index in [9.17, 15) is 19.2 Å². The van der Waals surface area contributed by atoms with Crippen molar-refractivity contribution < 1.29 is 33.8 Å². The van der Waals surface area contributed by atoms with Gasteiger partial charge in [0, 0.05) is 10.6 Å². The van der Waals surface area contributed by atoms with E-state index in [1.807, 2.05) is 0 Å². The number of nitrogens with zero attached hydrogens (tertiary/aromatic N) is 1. The number of hydrogen-bond donors (Lipinski definition) is 2. The molecule has 0 aromatic heterocycles. The van der Waals surface area contributed by atoms with Crippen LogP contribution in [-0.4, -0.2) is 36.0 Å². The van der Waals surface area contributed by atoms with Gasteiger partial charge in [0.1, 0.15) is 12.2 Å². The number of halogens is 1. The summed E-state index contributed by atoms with van der Waals surface area (Å²) in [5.41, 5.74) is 1.15. The first-order valence-electron chi connectivity index (χ1n) is 10.6. The Morgan fingerprint density at radius 3 is 2.36 bits per heavy atom. The van der Waals surface area contributed by atoms with Crippen molar-refractivity contribution >= 4 is 47.2 Å². The number of carboxylic acid groups (broad SMARTS) is 1. The van der Waals surface area contributed by atoms with Crippen LogP contribution in [0.15, 0.2) is 72.3 Å². The summed E-state index contributed by atoms with van der Waals surface area (Å²) < 4.78 is 11.3. The lowest BCUT2D eigenvalue weighted by atomic mass is 10.1. The minimum Gasteiger partial charge on any atom is -0.493 e. The van der Waals surface area contributed by atoms with Crippen molar-refractivity contribution in [3.8, 4) is 11.5 Å². The molecule has 1 fully saturated rings. The van der Waals surface area contributed by atoms with Crippen molar-refractivity contribution in [3.63, 3.8) is 0 Å². The number of rotatable bonds is 7. The fraction of sp³-hybridized carbons (Fsp3) is 0.0769. The molecule has 0 saturated carbocycles. The molecule has 0 unspecified atom stereocenters. The Kier molecular flexibility index (Phi) is 7.03. The number of hydrogen-bond acceptors (Lipinski definition) is 6. The molecule has 1 saturated heterocycles. The summed E-state index contributed by atoms with van der Waals surface area (Å²) in [6.07, 6.45) is 1.32. The lowest BCUT2D eigenvalue weighted by molar-refractivity contribution is -0.122. The number of anilines is 1. The summed E-state index contributed by atoms with van der Waals surface area (Å²) in [7, 11) is 1.44. The molecule has 1 aliphatic heterocycles. The van der Waals surface area contributed by atoms with Crippen LogP contribution >= 0.6 is 11.6 Å². The molecule has 2 N–H and O–H groups in total. The van der Waals surface area contributed by atoms with Gasteiger partial charge in [-0.2, -0.15) is 0 Å². The molecule has 4 amide bonds. The van der Waals surface area contributed by atoms with Crippen LogP contribution in [0, 0.1) is 0 Å². The van der Waals surface area contributed by atoms with Crippen molar-refractivity contribution in [1.29, 1.82) is 0 Å². The van der Waals surface area contributed by atoms with Gasteiger partial charge in [-0.05, 0) is 54.1 Å². The third kappa shape index (κ3) is 5.06. The molecular formula is C26H19ClN2O7. The van der Waals surface area contributed by atoms with E-state index in [-0.39, 0.29) is 29.2 Å². The minimum absolute atomic E-state index is 0.0615. The van der Waals surface area contributed by atoms with Gasteiger partial charge in [0.05, 0.1) is 18.4 Å². The van der Waals surface area contributed by atoms with Crippen molar-refractivity contribution in [2.24, 2.45) is 0 Å². The van der Waals surface area contributed by atoms with Crippen LogP contribution in [0.3, 0.4) is 0 Å². The number of nitrogens with one attached hydrogen (secondary N) is 1. The van der Waals surface area contributed by atoms with Gasteiger partial charge in [-0.3, -0.25) is 14.9 Å². The Morgan fingerprint density at radius 2 is 1.72 bits per heavy atom. The monoisotopic (exact) mass is 506 g/mol. The van der Waals surface area contributed by atoms with E-state index in [4.69, 9.17) is 26.2 Å². The quantitative estimate of drug-likeness (QED) is 0.362. The van der Waals surface area contributed by atoms with Crippen molar-refractivity contribution in [2.45, 2.75) is 6.61 Å². The van der Waals surface area contributed by atoms with Gasteiger partial charge in [0.2, 0.25) is 0 Å². The number of amides is 4. The summed E-state index contributed by atoms with van der Waals surface area (Å²) in [4.78, 5) is 50.1. The number of para-hydroxylation sites is 1. The highest BCUT2D eigenvalue weighted by atomic mass is 35.5. The maximum Gasteiger partial charge on any atom is 0.335 e. The number of methoxy groups -OCH3 is 1. The second kappa shape index (κ2) is 10.3. The van der Waals surface area contributed by atoms with Crippen LogP contribution in [-0.2, 0) is 16.2 Å². The number of urea groups is 1. The Labute approximate surface area is 210 Å². The molecular weight excluding hydrogens is 488 g/mol. The fourth-order valence-corrected chi connectivity index (χ4v) is 3.62. The van der Waals surface area contributed by atoms with Crippen LogP contribution in [0.5, 0.6) is 11.5 Å². The molecule has 4 rings (SSSR count). The number of carbonyl (C=O) groups is 4. The number of ether oxygens (including phenoxy) is 2. The van der Waals surface area contributed by atoms with E-state index in [0.717, 1.165) is 4.90 Å². The average molecular weight is 507 g/mol. The van der Waals surface area contributed by atoms with Crippen LogP contribution < -0.4 is 19.7 Å². The molecule has 3 aromatic carbocycles. The smallest absolute Gasteiger partial charge is 0.335 e. The van der Waals surface area contributed by atoms with Crippen LogP contribution in [0.4, 0.5) is 10.5 Å². The van der Waals surface area contributed by atoms with Gasteiger partial charge < -0.3 is 14.6 Å². The van der Waals surface area contributed by atoms with Crippen LogP contribution in [0.2, 0.25) is 5.02 Å². The summed E-state index contributed by atoms with van der Waals surface area (Å²) in [5.74, 6) is -2.11. The zero-order valence-corrected chi connectivity index (χ0v) is 19.6. The zero-order valence-electron chi connectivity index (χ0n) is 18.9. The molecule has 0 radical (unpaired) electrons. The predicted molar refractivity (Wildman–Crippen MR) is 131 cm³/mol. The highest BCUT2D eigenvalue weighted by molar-refractivity contribution is 6.39. The maximum atomic E-state index is 13.2. The number of imide groups is 2. The Bertz CT molecular complexity index is 1380. The third-order valence-electron chi connectivity index (χ3n) is 5.30. The molecule has 0 atom stereocenters. The molecule has 182 valence electrons. The number of carbonyl (C=O) groups excluding carboxylic acids is 3. The first kappa shape index (κ1) is 24.5. The molecule has 3 aromatic rings. The second-order valence-corrected chi connectivity index (χ2v) is 8.04. The highest BCUT2D eigenvalue weighted by Gasteiger charge is 2.37. The molecule has 0 bridgehead atoms. The zero-order chi connectivity index (χ0) is 25.8. The average Bonchev–Trinajstić information content (AvgIpc) is 2.86. The first-order valence-corrected chi connectivity index (χ1v) is 11.0. The first-order chi connectivity index (χ1) is 17.3. The minimum atomic E-state index is -1.04. The van der Waals surface area contributed by atoms with Crippen molar-refractivity contribution in [3.05, 3.63) is 94.0 Å². The molecule has 1 heterocycles. The second-order valence-electron chi connectivity index (χ2n) is 7.60. The number of aromatic carboxylic acids is 1. The van der Waals surface area contributed by atoms with E-state index < -0.39 is 23.8 Å². The Morgan fingerprint density at radius 1 is 1.03 bits per heavy atom. The number of benzene rings is 3. The molecule has 1 aliphatic rings. The van der Waals surface area contributed by atoms with Crippen molar-refractivity contribution in [1.82, 2.24) is 5.32 Å². The lowest BCUT2D eigenvalue weighted by Gasteiger charge is -2.26. The van der Waals surface area contributed by atoms with Crippen molar-refractivity contribution in [2.75, 3.05) is 12.0 Å². The summed E-state index contributed by atoms with van der Waals surface area (Å²) in [6.45, 7) is 0.0615. The third-order valence-corrected chi connectivity index (χ3v) is 5.55. The van der Waals surface area contributed by atoms with Crippen LogP contribution in [0.1, 0.15) is 21.5 Å². The van der Waals surface area contributed by atoms with Gasteiger partial charge >= 0.3 is 12.0 Å². The van der Waals surface area contributed by atoms with E-state index in [2.05, 4.69) is 5.32 Å². The normalized spacial score (nSPS) is 14.6. The maximum absolute atomic E-state index is 13.2. The number of barbiturate groups is 1. The van der Waals surface area contributed by atoms with E-state index in [1.165, 1.54) is 49.6 Å². The van der Waals surface area contributed by atoms with Crippen LogP contribution in [0.25, 0.3) is 6.08 Å². The standard InChI is InChI=1S/C26H19ClN2O7/c1-35-21-4-2-3-17(22(21)36-14-15-5-7-16(8-6-15)25(32)33)13-20-23(30)28-26(34)29(24(20)31)19-11-9-18(27)10-12-19/h2-13H,14H2,1H3,(H,32,33)(H,28,30,34)/b20-13+. The van der Waals surface area contributed by atoms with E-state index >= 15 is 0 Å². The lowest BCUT2D eigenvalue weighted by Crippen LogP contribution is -2.54. The largest absolute Gasteiger partial charge is 0.493 e. The Balaban J connectivity index is 1.67. The van der Waals surface area contributed by atoms with Gasteiger partial charge in [0.25, 0.3) is 11.8 Å². The van der Waals surface area contributed by atoms with E-state index in [1.54, 1.807) is 30.3 Å². The summed E-state index contributed by atoms with van der Waals surface area (Å²) in [6, 6.07) is 16.2. The van der Waals surface area contributed by atoms with Gasteiger partial charge in [0.15, 0.2) is 11.5 Å². The summed E-state index contributed by atoms with van der Waals surface area (Å²) >= 11 is 5.90. The highest BCUT2D eigenvalue weighted by Crippen LogP contribution is 2.34. The van der Waals surface area contributed by atoms with Gasteiger partial charge in [-0.1, -0.05) is 35.9 Å². The molecule has 0 aliphatic carbocycles. The summed E-state index contributed by atoms with van der Waals surface area (Å²) in [5, 5.41) is 11.7.